The molecule has 0 bridgehead atoms. The van der Waals surface area contributed by atoms with E-state index < -0.39 is 5.97 Å². The van der Waals surface area contributed by atoms with Crippen molar-refractivity contribution in [1.82, 2.24) is 0 Å². The lowest BCUT2D eigenvalue weighted by Gasteiger charge is -1.97. The molecule has 60 valence electrons. The minimum atomic E-state index is -1.11. The van der Waals surface area contributed by atoms with E-state index in [-0.39, 0.29) is 5.71 Å². The lowest BCUT2D eigenvalue weighted by Crippen LogP contribution is -2.15. The molecule has 0 atom stereocenters. The van der Waals surface area contributed by atoms with Crippen molar-refractivity contribution in [1.29, 1.82) is 0 Å². The van der Waals surface area contributed by atoms with Crippen LogP contribution in [0.25, 0.3) is 0 Å². The summed E-state index contributed by atoms with van der Waals surface area (Å²) in [5.41, 5.74) is 5.36. The molecule has 3 N–H and O–H groups in total. The van der Waals surface area contributed by atoms with E-state index in [0.29, 0.717) is 5.57 Å². The Bertz CT molecular complexity index is 229. The van der Waals surface area contributed by atoms with Crippen molar-refractivity contribution in [3.8, 4) is 0 Å². The fourth-order valence-corrected chi connectivity index (χ4v) is 0.592. The van der Waals surface area contributed by atoms with Crippen LogP contribution in [0.15, 0.2) is 29.4 Å². The molecule has 0 aromatic carbocycles. The Morgan fingerprint density at radius 3 is 2.36 bits per heavy atom. The van der Waals surface area contributed by atoms with Crippen molar-refractivity contribution in [3.63, 3.8) is 0 Å². The van der Waals surface area contributed by atoms with Gasteiger partial charge < -0.3 is 10.8 Å². The average molecular weight is 154 g/mol. The van der Waals surface area contributed by atoms with E-state index >= 15 is 0 Å². The standard InChI is InChI=1S/C7H10N2O2/c1-3-5(4-8)6(9-2)7(10)11/h3-4H,1,8H2,2H3,(H,10,11)/b5-4-,9-6?. The second kappa shape index (κ2) is 4.27. The Labute approximate surface area is 64.7 Å². The van der Waals surface area contributed by atoms with Gasteiger partial charge in [-0.2, -0.15) is 0 Å². The second-order valence-electron chi connectivity index (χ2n) is 1.70. The van der Waals surface area contributed by atoms with Gasteiger partial charge in [-0.15, -0.1) is 0 Å². The van der Waals surface area contributed by atoms with Crippen molar-refractivity contribution < 1.29 is 9.90 Å². The van der Waals surface area contributed by atoms with Crippen molar-refractivity contribution in [2.24, 2.45) is 10.7 Å². The zero-order valence-corrected chi connectivity index (χ0v) is 6.24. The summed E-state index contributed by atoms with van der Waals surface area (Å²) in [6.45, 7) is 3.39. The SMILES string of the molecule is C=C/C(=C/N)C(=NC)C(=O)O. The van der Waals surface area contributed by atoms with E-state index in [1.54, 1.807) is 0 Å². The van der Waals surface area contributed by atoms with E-state index in [9.17, 15) is 4.79 Å². The van der Waals surface area contributed by atoms with Crippen molar-refractivity contribution in [3.05, 3.63) is 24.4 Å². The maximum Gasteiger partial charge on any atom is 0.354 e. The number of aliphatic imine (C=N–C) groups is 1. The molecule has 0 saturated heterocycles. The van der Waals surface area contributed by atoms with Crippen LogP contribution < -0.4 is 5.73 Å². The molecule has 0 unspecified atom stereocenters. The van der Waals surface area contributed by atoms with Gasteiger partial charge in [0.2, 0.25) is 0 Å². The van der Waals surface area contributed by atoms with E-state index in [2.05, 4.69) is 11.6 Å². The molecule has 0 aliphatic rings. The largest absolute Gasteiger partial charge is 0.477 e. The van der Waals surface area contributed by atoms with E-state index in [1.165, 1.54) is 13.1 Å². The highest BCUT2D eigenvalue weighted by molar-refractivity contribution is 6.43. The summed E-state index contributed by atoms with van der Waals surface area (Å²) in [7, 11) is 1.39. The first kappa shape index (κ1) is 9.42. The fourth-order valence-electron chi connectivity index (χ4n) is 0.592. The number of nitrogens with zero attached hydrogens (tertiary/aromatic N) is 1. The predicted octanol–water partition coefficient (Wildman–Crippen LogP) is 0.170. The number of aliphatic carboxylic acids is 1. The first-order valence-corrected chi connectivity index (χ1v) is 2.92. The van der Waals surface area contributed by atoms with Crippen LogP contribution in [-0.2, 0) is 4.79 Å². The Hall–Kier alpha value is -1.58. The Morgan fingerprint density at radius 2 is 2.27 bits per heavy atom. The average Bonchev–Trinajstić information content (AvgIpc) is 1.99. The maximum absolute atomic E-state index is 10.4. The second-order valence-corrected chi connectivity index (χ2v) is 1.70. The van der Waals surface area contributed by atoms with Crippen LogP contribution in [-0.4, -0.2) is 23.8 Å². The molecule has 4 nitrogen and oxygen atoms in total. The normalized spacial score (nSPS) is 12.8. The minimum Gasteiger partial charge on any atom is -0.477 e. The number of allylic oxidation sites excluding steroid dienone is 1. The highest BCUT2D eigenvalue weighted by atomic mass is 16.4. The number of hydrogen-bond acceptors (Lipinski definition) is 3. The zero-order chi connectivity index (χ0) is 8.85. The molecule has 0 radical (unpaired) electrons. The van der Waals surface area contributed by atoms with Gasteiger partial charge in [-0.3, -0.25) is 4.99 Å². The van der Waals surface area contributed by atoms with Crippen molar-refractivity contribution in [2.45, 2.75) is 0 Å². The molecule has 11 heavy (non-hydrogen) atoms. The van der Waals surface area contributed by atoms with Crippen LogP contribution in [0.3, 0.4) is 0 Å². The molecule has 0 amide bonds. The Kier molecular flexibility index (Phi) is 3.66. The summed E-state index contributed by atoms with van der Waals surface area (Å²) in [4.78, 5) is 13.9. The van der Waals surface area contributed by atoms with Crippen LogP contribution >= 0.6 is 0 Å². The Morgan fingerprint density at radius 1 is 1.73 bits per heavy atom. The smallest absolute Gasteiger partial charge is 0.354 e. The summed E-state index contributed by atoms with van der Waals surface area (Å²) in [5, 5.41) is 8.53. The number of hydrogen-bond donors (Lipinski definition) is 2. The summed E-state index contributed by atoms with van der Waals surface area (Å²) >= 11 is 0. The van der Waals surface area contributed by atoms with Gasteiger partial charge in [0.25, 0.3) is 0 Å². The van der Waals surface area contributed by atoms with E-state index in [0.717, 1.165) is 6.20 Å². The van der Waals surface area contributed by atoms with Gasteiger partial charge in [-0.1, -0.05) is 12.7 Å². The van der Waals surface area contributed by atoms with Gasteiger partial charge in [0.05, 0.1) is 0 Å². The molecule has 0 aromatic heterocycles. The lowest BCUT2D eigenvalue weighted by atomic mass is 10.2. The molecule has 4 heteroatoms. The summed E-state index contributed by atoms with van der Waals surface area (Å²) in [6.07, 6.45) is 2.50. The lowest BCUT2D eigenvalue weighted by molar-refractivity contribution is -0.129. The number of carboxylic acids is 1. The zero-order valence-electron chi connectivity index (χ0n) is 6.24. The van der Waals surface area contributed by atoms with Crippen LogP contribution in [0.4, 0.5) is 0 Å². The van der Waals surface area contributed by atoms with Crippen LogP contribution in [0, 0.1) is 0 Å². The molecule has 0 fully saturated rings. The van der Waals surface area contributed by atoms with Gasteiger partial charge in [-0.05, 0) is 0 Å². The van der Waals surface area contributed by atoms with Crippen molar-refractivity contribution in [2.75, 3.05) is 7.05 Å². The highest BCUT2D eigenvalue weighted by Crippen LogP contribution is 1.97. The van der Waals surface area contributed by atoms with Crippen LogP contribution in [0.2, 0.25) is 0 Å². The number of carbonyl (C=O) groups is 1. The predicted molar refractivity (Wildman–Crippen MR) is 43.5 cm³/mol. The maximum atomic E-state index is 10.4. The molecule has 0 spiro atoms. The number of nitrogens with two attached hydrogens (primary N) is 1. The van der Waals surface area contributed by atoms with E-state index in [1.807, 2.05) is 0 Å². The van der Waals surface area contributed by atoms with Gasteiger partial charge in [0.15, 0.2) is 5.71 Å². The first-order chi connectivity index (χ1) is 5.17. The van der Waals surface area contributed by atoms with Crippen LogP contribution in [0.1, 0.15) is 0 Å². The number of rotatable bonds is 3. The number of carboxylic acid groups (broad SMARTS) is 1. The topological polar surface area (TPSA) is 75.7 Å². The molecule has 0 saturated carbocycles. The fraction of sp³-hybridized carbons (Fsp3) is 0.143. The Balaban J connectivity index is 4.79. The van der Waals surface area contributed by atoms with Gasteiger partial charge >= 0.3 is 5.97 Å². The molecule has 0 aromatic rings. The van der Waals surface area contributed by atoms with Crippen molar-refractivity contribution >= 4 is 11.7 Å². The monoisotopic (exact) mass is 154 g/mol. The van der Waals surface area contributed by atoms with Gasteiger partial charge in [0, 0.05) is 18.8 Å². The minimum absolute atomic E-state index is 0.0810. The highest BCUT2D eigenvalue weighted by Gasteiger charge is 2.10. The third-order valence-corrected chi connectivity index (χ3v) is 1.10. The molecule has 0 rings (SSSR count). The summed E-state index contributed by atoms with van der Waals surface area (Å²) < 4.78 is 0. The quantitative estimate of drug-likeness (QED) is 0.449. The van der Waals surface area contributed by atoms with Gasteiger partial charge in [0.1, 0.15) is 0 Å². The summed E-state index contributed by atoms with van der Waals surface area (Å²) in [6, 6.07) is 0. The summed E-state index contributed by atoms with van der Waals surface area (Å²) in [5.74, 6) is -1.11. The molecular formula is C7H10N2O2. The molecule has 0 heterocycles. The molecule has 0 aliphatic carbocycles. The molecule has 0 aliphatic heterocycles. The first-order valence-electron chi connectivity index (χ1n) is 2.92. The van der Waals surface area contributed by atoms with Crippen LogP contribution in [0.5, 0.6) is 0 Å². The van der Waals surface area contributed by atoms with Gasteiger partial charge in [-0.25, -0.2) is 4.79 Å². The molecular weight excluding hydrogens is 144 g/mol. The van der Waals surface area contributed by atoms with E-state index in [4.69, 9.17) is 10.8 Å². The third kappa shape index (κ3) is 2.25. The third-order valence-electron chi connectivity index (χ3n) is 1.10.